The van der Waals surface area contributed by atoms with Crippen LogP contribution >= 0.6 is 0 Å². The third-order valence-electron chi connectivity index (χ3n) is 7.36. The molecule has 1 heterocycles. The Labute approximate surface area is 216 Å². The molecule has 0 radical (unpaired) electrons. The Morgan fingerprint density at radius 1 is 0.432 bits per heavy atom. The van der Waals surface area contributed by atoms with Crippen LogP contribution < -0.4 is 0 Å². The van der Waals surface area contributed by atoms with E-state index in [1.54, 1.807) is 0 Å². The molecule has 1 aromatic heterocycles. The van der Waals surface area contributed by atoms with E-state index in [0.29, 0.717) is 0 Å². The highest BCUT2D eigenvalue weighted by Crippen LogP contribution is 2.43. The van der Waals surface area contributed by atoms with E-state index in [2.05, 4.69) is 134 Å². The van der Waals surface area contributed by atoms with Crippen molar-refractivity contribution in [2.24, 2.45) is 0 Å². The Morgan fingerprint density at radius 2 is 0.973 bits per heavy atom. The molecule has 1 heteroatoms. The van der Waals surface area contributed by atoms with Crippen LogP contribution in [0.2, 0.25) is 0 Å². The fourth-order valence-corrected chi connectivity index (χ4v) is 5.53. The molecule has 0 amide bonds. The maximum atomic E-state index is 4.82. The quantitative estimate of drug-likeness (QED) is 0.234. The minimum absolute atomic E-state index is 1.01. The van der Waals surface area contributed by atoms with Gasteiger partial charge in [0.15, 0.2) is 0 Å². The van der Waals surface area contributed by atoms with E-state index < -0.39 is 0 Å². The van der Waals surface area contributed by atoms with E-state index >= 15 is 0 Å². The molecule has 0 saturated heterocycles. The molecular weight excluding hydrogens is 446 g/mol. The molecule has 0 aliphatic heterocycles. The van der Waals surface area contributed by atoms with Crippen molar-refractivity contribution in [3.05, 3.63) is 139 Å². The summed E-state index contributed by atoms with van der Waals surface area (Å²) < 4.78 is 0. The van der Waals surface area contributed by atoms with Gasteiger partial charge in [-0.1, -0.05) is 115 Å². The summed E-state index contributed by atoms with van der Waals surface area (Å²) in [6, 6.07) is 46.0. The number of hydrogen-bond donors (Lipinski definition) is 0. The average molecular weight is 472 g/mol. The topological polar surface area (TPSA) is 12.9 Å². The molecule has 0 N–H and O–H groups in total. The number of aromatic nitrogens is 1. The fraction of sp³-hybridized carbons (Fsp3) is 0.0278. The minimum atomic E-state index is 1.01. The molecule has 7 aromatic rings. The third-order valence-corrected chi connectivity index (χ3v) is 7.36. The maximum Gasteiger partial charge on any atom is 0.0714 e. The molecule has 0 spiro atoms. The second-order valence-corrected chi connectivity index (χ2v) is 9.70. The van der Waals surface area contributed by atoms with Gasteiger partial charge >= 0.3 is 0 Å². The number of aryl methyl sites for hydroxylation is 1. The molecular formula is C36H25N. The first-order valence-corrected chi connectivity index (χ1v) is 12.7. The van der Waals surface area contributed by atoms with Crippen molar-refractivity contribution in [2.45, 2.75) is 6.92 Å². The van der Waals surface area contributed by atoms with Gasteiger partial charge in [-0.05, 0) is 79.2 Å². The summed E-state index contributed by atoms with van der Waals surface area (Å²) in [6.07, 6.45) is 1.96. The van der Waals surface area contributed by atoms with Crippen molar-refractivity contribution in [1.82, 2.24) is 4.98 Å². The van der Waals surface area contributed by atoms with Gasteiger partial charge in [0.1, 0.15) is 0 Å². The van der Waals surface area contributed by atoms with Crippen LogP contribution in [0.5, 0.6) is 0 Å². The highest BCUT2D eigenvalue weighted by molar-refractivity contribution is 6.21. The normalized spacial score (nSPS) is 11.4. The molecule has 0 aliphatic carbocycles. The van der Waals surface area contributed by atoms with E-state index in [-0.39, 0.29) is 0 Å². The molecule has 0 atom stereocenters. The number of nitrogens with zero attached hydrogens (tertiary/aromatic N) is 1. The number of pyridine rings is 1. The van der Waals surface area contributed by atoms with Crippen LogP contribution in [-0.4, -0.2) is 4.98 Å². The predicted molar refractivity (Wildman–Crippen MR) is 158 cm³/mol. The lowest BCUT2D eigenvalue weighted by molar-refractivity contribution is 1.28. The zero-order valence-electron chi connectivity index (χ0n) is 20.6. The molecule has 0 fully saturated rings. The Hall–Kier alpha value is -4.75. The first-order chi connectivity index (χ1) is 18.3. The lowest BCUT2D eigenvalue weighted by Crippen LogP contribution is -1.92. The van der Waals surface area contributed by atoms with Crippen molar-refractivity contribution >= 4 is 32.3 Å². The van der Waals surface area contributed by atoms with Gasteiger partial charge in [0, 0.05) is 11.8 Å². The molecule has 1 nitrogen and oxygen atoms in total. The van der Waals surface area contributed by atoms with Crippen molar-refractivity contribution in [3.8, 4) is 33.5 Å². The predicted octanol–water partition coefficient (Wildman–Crippen LogP) is 9.85. The largest absolute Gasteiger partial charge is 0.256 e. The highest BCUT2D eigenvalue weighted by Gasteiger charge is 2.17. The van der Waals surface area contributed by atoms with Crippen LogP contribution in [-0.2, 0) is 0 Å². The van der Waals surface area contributed by atoms with Crippen LogP contribution in [0.25, 0.3) is 65.8 Å². The van der Waals surface area contributed by atoms with Crippen LogP contribution in [0.3, 0.4) is 0 Å². The van der Waals surface area contributed by atoms with Gasteiger partial charge in [-0.15, -0.1) is 0 Å². The highest BCUT2D eigenvalue weighted by atomic mass is 14.7. The van der Waals surface area contributed by atoms with Crippen molar-refractivity contribution in [1.29, 1.82) is 0 Å². The van der Waals surface area contributed by atoms with Gasteiger partial charge in [-0.2, -0.15) is 0 Å². The molecule has 6 aromatic carbocycles. The van der Waals surface area contributed by atoms with E-state index in [9.17, 15) is 0 Å². The minimum Gasteiger partial charge on any atom is -0.256 e. The summed E-state index contributed by atoms with van der Waals surface area (Å²) in [7, 11) is 0. The maximum absolute atomic E-state index is 4.82. The van der Waals surface area contributed by atoms with Crippen molar-refractivity contribution < 1.29 is 0 Å². The molecule has 7 rings (SSSR count). The zero-order chi connectivity index (χ0) is 24.8. The first kappa shape index (κ1) is 21.5. The van der Waals surface area contributed by atoms with Gasteiger partial charge in [-0.25, -0.2) is 0 Å². The van der Waals surface area contributed by atoms with Gasteiger partial charge in [-0.3, -0.25) is 4.98 Å². The first-order valence-electron chi connectivity index (χ1n) is 12.7. The van der Waals surface area contributed by atoms with Crippen LogP contribution in [0.15, 0.2) is 134 Å². The molecule has 0 aliphatic rings. The summed E-state index contributed by atoms with van der Waals surface area (Å²) >= 11 is 0. The Bertz CT molecular complexity index is 1860. The number of rotatable bonds is 3. The van der Waals surface area contributed by atoms with Crippen LogP contribution in [0.4, 0.5) is 0 Å². The molecule has 0 unspecified atom stereocenters. The van der Waals surface area contributed by atoms with E-state index in [4.69, 9.17) is 4.98 Å². The molecule has 0 bridgehead atoms. The zero-order valence-corrected chi connectivity index (χ0v) is 20.6. The van der Waals surface area contributed by atoms with Gasteiger partial charge in [0.25, 0.3) is 0 Å². The average Bonchev–Trinajstić information content (AvgIpc) is 2.96. The van der Waals surface area contributed by atoms with E-state index in [0.717, 1.165) is 5.69 Å². The second kappa shape index (κ2) is 8.72. The summed E-state index contributed by atoms with van der Waals surface area (Å²) in [5.41, 5.74) is 8.33. The van der Waals surface area contributed by atoms with Crippen LogP contribution in [0.1, 0.15) is 5.56 Å². The molecule has 37 heavy (non-hydrogen) atoms. The third kappa shape index (κ3) is 3.68. The van der Waals surface area contributed by atoms with Crippen molar-refractivity contribution in [3.63, 3.8) is 0 Å². The summed E-state index contributed by atoms with van der Waals surface area (Å²) in [5.74, 6) is 0. The number of benzene rings is 6. The van der Waals surface area contributed by atoms with E-state index in [1.807, 2.05) is 6.20 Å². The van der Waals surface area contributed by atoms with Gasteiger partial charge in [0.2, 0.25) is 0 Å². The summed E-state index contributed by atoms with van der Waals surface area (Å²) in [6.45, 7) is 2.08. The van der Waals surface area contributed by atoms with Gasteiger partial charge < -0.3 is 0 Å². The monoisotopic (exact) mass is 471 g/mol. The lowest BCUT2D eigenvalue weighted by atomic mass is 9.87. The SMILES string of the molecule is Cc1ccc(-c2c3ccccc3c(-c3ccc(-c4ccc5ccccc5c4)cc3)c3ccccc23)nc1. The second-order valence-electron chi connectivity index (χ2n) is 9.70. The standard InChI is InChI=1S/C36H25N/c1-24-14-21-34(37-23-24)36-32-12-6-4-10-30(32)35(31-11-5-7-13-33(31)36)27-18-15-26(16-19-27)29-20-17-25-8-2-3-9-28(25)22-29/h2-23H,1H3. The summed E-state index contributed by atoms with van der Waals surface area (Å²) in [4.78, 5) is 4.82. The number of hydrogen-bond acceptors (Lipinski definition) is 1. The Balaban J connectivity index is 1.43. The number of fused-ring (bicyclic) bond motifs is 3. The molecule has 174 valence electrons. The van der Waals surface area contributed by atoms with Crippen LogP contribution in [0, 0.1) is 6.92 Å². The smallest absolute Gasteiger partial charge is 0.0714 e. The van der Waals surface area contributed by atoms with E-state index in [1.165, 1.54) is 65.7 Å². The lowest BCUT2D eigenvalue weighted by Gasteiger charge is -2.17. The van der Waals surface area contributed by atoms with Gasteiger partial charge in [0.05, 0.1) is 5.69 Å². The van der Waals surface area contributed by atoms with Crippen molar-refractivity contribution in [2.75, 3.05) is 0 Å². The summed E-state index contributed by atoms with van der Waals surface area (Å²) in [5, 5.41) is 7.48. The Morgan fingerprint density at radius 3 is 1.59 bits per heavy atom. The fourth-order valence-electron chi connectivity index (χ4n) is 5.53. The molecule has 0 saturated carbocycles. The Kier molecular flexibility index (Phi) is 5.08.